The quantitative estimate of drug-likeness (QED) is 0.0413. The van der Waals surface area contributed by atoms with E-state index in [4.69, 9.17) is 0 Å². The molecular weight excluding hydrogens is 967 g/mol. The van der Waals surface area contributed by atoms with Crippen molar-refractivity contribution in [2.24, 2.45) is 0 Å². The van der Waals surface area contributed by atoms with E-state index in [9.17, 15) is 44.1 Å². The maximum absolute atomic E-state index is 10.4. The number of carboxylic acids is 3. The van der Waals surface area contributed by atoms with E-state index in [2.05, 4.69) is 32.1 Å². The Bertz CT molecular complexity index is 1060. The van der Waals surface area contributed by atoms with Crippen LogP contribution in [0.5, 0.6) is 0 Å². The largest absolute Gasteiger partial charge is 3.00 e. The topological polar surface area (TPSA) is 199 Å². The molecular formula is C60H114Al2O12. The second-order valence-corrected chi connectivity index (χ2v) is 21.6. The third-order valence-electron chi connectivity index (χ3n) is 12.7. The Morgan fingerprint density at radius 3 is 0.486 bits per heavy atom. The van der Waals surface area contributed by atoms with Crippen LogP contribution in [0.3, 0.4) is 0 Å². The zero-order valence-electron chi connectivity index (χ0n) is 49.0. The first-order valence-corrected chi connectivity index (χ1v) is 31.8. The van der Waals surface area contributed by atoms with Crippen molar-refractivity contribution in [3.05, 3.63) is 0 Å². The first-order valence-electron chi connectivity index (χ1n) is 30.3. The molecule has 0 aromatic carbocycles. The SMILES string of the molecule is CC(=O)[O][Al]([O]C(C)=O)[O]C(C)=O.CCCCCCCCCCCCCCCCCC(=O)[O-].CCCCCCCCCCCCCCCCCC(=O)[O-].CCCCCCCCCCCCCCCCCC(=O)[O-].[Al+3]. The summed E-state index contributed by atoms with van der Waals surface area (Å²) in [6, 6.07) is 0. The number of rotatable bonds is 51. The van der Waals surface area contributed by atoms with Gasteiger partial charge in [-0.2, -0.15) is 0 Å². The molecule has 0 aliphatic rings. The van der Waals surface area contributed by atoms with Crippen LogP contribution in [0.15, 0.2) is 0 Å². The molecule has 14 heteroatoms. The van der Waals surface area contributed by atoms with Gasteiger partial charge in [0.15, 0.2) is 0 Å². The molecule has 0 bridgehead atoms. The number of carboxylic acid groups (broad SMARTS) is 3. The Labute approximate surface area is 471 Å². The van der Waals surface area contributed by atoms with Crippen LogP contribution in [-0.4, -0.2) is 68.3 Å². The minimum Gasteiger partial charge on any atom is -0.551 e. The van der Waals surface area contributed by atoms with E-state index in [1.165, 1.54) is 250 Å². The molecule has 0 aliphatic heterocycles. The first kappa shape index (κ1) is 80.7. The summed E-state index contributed by atoms with van der Waals surface area (Å²) < 4.78 is 13.5. The van der Waals surface area contributed by atoms with E-state index in [0.717, 1.165) is 59.3 Å². The Morgan fingerprint density at radius 1 is 0.257 bits per heavy atom. The van der Waals surface area contributed by atoms with Crippen LogP contribution in [0.1, 0.15) is 350 Å². The van der Waals surface area contributed by atoms with E-state index < -0.39 is 51.0 Å². The van der Waals surface area contributed by atoms with Gasteiger partial charge in [0.1, 0.15) is 0 Å². The second kappa shape index (κ2) is 70.9. The van der Waals surface area contributed by atoms with Crippen molar-refractivity contribution >= 4 is 68.3 Å². The van der Waals surface area contributed by atoms with Gasteiger partial charge in [0.25, 0.3) is 17.9 Å². The van der Waals surface area contributed by atoms with Gasteiger partial charge in [0, 0.05) is 38.7 Å². The van der Waals surface area contributed by atoms with E-state index in [1.54, 1.807) is 0 Å². The van der Waals surface area contributed by atoms with Crippen molar-refractivity contribution in [1.29, 1.82) is 0 Å². The number of hydrogen-bond acceptors (Lipinski definition) is 12. The predicted octanol–water partition coefficient (Wildman–Crippen LogP) is 14.3. The molecule has 0 spiro atoms. The van der Waals surface area contributed by atoms with Crippen LogP contribution in [0.25, 0.3) is 0 Å². The fraction of sp³-hybridized carbons (Fsp3) is 0.900. The minimum atomic E-state index is -2.96. The van der Waals surface area contributed by atoms with Crippen molar-refractivity contribution < 1.29 is 55.5 Å². The number of carbonyl (C=O) groups excluding carboxylic acids is 6. The molecule has 0 saturated carbocycles. The number of unbranched alkanes of at least 4 members (excludes halogenated alkanes) is 42. The summed E-state index contributed by atoms with van der Waals surface area (Å²) in [5, 5.41) is 30.7. The number of aliphatic carboxylic acids is 3. The van der Waals surface area contributed by atoms with Crippen LogP contribution in [0, 0.1) is 0 Å². The third kappa shape index (κ3) is 89.5. The van der Waals surface area contributed by atoms with Gasteiger partial charge >= 0.3 is 32.5 Å². The van der Waals surface area contributed by atoms with Gasteiger partial charge < -0.3 is 41.1 Å². The van der Waals surface area contributed by atoms with E-state index in [-0.39, 0.29) is 36.6 Å². The van der Waals surface area contributed by atoms with Crippen LogP contribution < -0.4 is 15.3 Å². The van der Waals surface area contributed by atoms with Crippen LogP contribution in [0.2, 0.25) is 0 Å². The predicted molar refractivity (Wildman–Crippen MR) is 300 cm³/mol. The van der Waals surface area contributed by atoms with Gasteiger partial charge in [-0.1, -0.05) is 290 Å². The van der Waals surface area contributed by atoms with Gasteiger partial charge in [-0.3, -0.25) is 14.4 Å². The summed E-state index contributed by atoms with van der Waals surface area (Å²) in [7, 11) is 0. The second-order valence-electron chi connectivity index (χ2n) is 20.3. The van der Waals surface area contributed by atoms with Crippen molar-refractivity contribution in [3.8, 4) is 0 Å². The summed E-state index contributed by atoms with van der Waals surface area (Å²) in [5.74, 6) is -4.67. The van der Waals surface area contributed by atoms with Gasteiger partial charge in [-0.05, 0) is 38.5 Å². The van der Waals surface area contributed by atoms with E-state index >= 15 is 0 Å². The van der Waals surface area contributed by atoms with Crippen LogP contribution in [-0.2, 0) is 40.1 Å². The smallest absolute Gasteiger partial charge is 0.551 e. The molecule has 0 heterocycles. The average Bonchev–Trinajstić information content (AvgIpc) is 3.32. The van der Waals surface area contributed by atoms with Crippen molar-refractivity contribution in [2.45, 2.75) is 350 Å². The molecule has 0 rings (SSSR count). The fourth-order valence-corrected chi connectivity index (χ4v) is 9.36. The summed E-state index contributed by atoms with van der Waals surface area (Å²) in [5.41, 5.74) is 0. The zero-order chi connectivity index (χ0) is 55.1. The molecule has 0 saturated heterocycles. The number of hydrogen-bond donors (Lipinski definition) is 0. The Hall–Kier alpha value is -2.12. The molecule has 0 radical (unpaired) electrons. The monoisotopic (exact) mass is 1080 g/mol. The van der Waals surface area contributed by atoms with E-state index in [1.807, 2.05) is 0 Å². The molecule has 0 aromatic heterocycles. The molecule has 0 aliphatic carbocycles. The van der Waals surface area contributed by atoms with Crippen molar-refractivity contribution in [1.82, 2.24) is 0 Å². The molecule has 0 N–H and O–H groups in total. The molecule has 12 nitrogen and oxygen atoms in total. The Morgan fingerprint density at radius 2 is 0.378 bits per heavy atom. The molecule has 0 aromatic rings. The van der Waals surface area contributed by atoms with Crippen LogP contribution >= 0.6 is 0 Å². The molecule has 0 unspecified atom stereocenters. The van der Waals surface area contributed by atoms with Crippen molar-refractivity contribution in [2.75, 3.05) is 0 Å². The van der Waals surface area contributed by atoms with Crippen molar-refractivity contribution in [3.63, 3.8) is 0 Å². The molecule has 74 heavy (non-hydrogen) atoms. The molecule has 0 amide bonds. The molecule has 432 valence electrons. The fourth-order valence-electron chi connectivity index (χ4n) is 8.40. The standard InChI is InChI=1S/3C18H36O2.3C2H4O2.2Al/c3*1-2-3-4-5-6-7-8-9-10-11-12-13-14-15-16-17-18(19)20;3*1-2(3)4;;/h3*2-17H2,1H3,(H,19,20);3*1H3,(H,3,4);;/q;;;;;;2*+3/p-6. The Kier molecular flexibility index (Phi) is 77.3. The maximum atomic E-state index is 10.4. The van der Waals surface area contributed by atoms with Crippen LogP contribution in [0.4, 0.5) is 0 Å². The molecule has 0 atom stereocenters. The summed E-state index contributed by atoms with van der Waals surface area (Å²) >= 11 is -2.96. The third-order valence-corrected chi connectivity index (χ3v) is 14.3. The van der Waals surface area contributed by atoms with E-state index in [0.29, 0.717) is 0 Å². The Balaban J connectivity index is -0.000000288. The average molecular weight is 1080 g/mol. The normalized spacial score (nSPS) is 10.3. The minimum absolute atomic E-state index is 0. The summed E-state index contributed by atoms with van der Waals surface area (Å²) in [4.78, 5) is 62.0. The summed E-state index contributed by atoms with van der Waals surface area (Å²) in [6.07, 6.45) is 59.6. The van der Waals surface area contributed by atoms with Gasteiger partial charge in [-0.25, -0.2) is 0 Å². The first-order chi connectivity index (χ1) is 35.2. The molecule has 0 fully saturated rings. The van der Waals surface area contributed by atoms with Gasteiger partial charge in [0.2, 0.25) is 0 Å². The van der Waals surface area contributed by atoms with Gasteiger partial charge in [-0.15, -0.1) is 0 Å². The summed E-state index contributed by atoms with van der Waals surface area (Å²) in [6.45, 7) is 10.2. The number of carbonyl (C=O) groups is 6. The van der Waals surface area contributed by atoms with Gasteiger partial charge in [0.05, 0.1) is 0 Å². The zero-order valence-corrected chi connectivity index (χ0v) is 51.3. The maximum Gasteiger partial charge on any atom is 3.00 e.